The van der Waals surface area contributed by atoms with Crippen LogP contribution in [0.15, 0.2) is 12.4 Å². The van der Waals surface area contributed by atoms with E-state index in [1.165, 1.54) is 0 Å². The van der Waals surface area contributed by atoms with E-state index < -0.39 is 0 Å². The van der Waals surface area contributed by atoms with Gasteiger partial charge in [0.15, 0.2) is 0 Å². The fraction of sp³-hybridized carbons (Fsp3) is 0.714. The number of nitrogens with one attached hydrogen (secondary N) is 1. The SMILES string of the molecule is CCC(C)(CC)NC(=O)[C@@H]1CCCn2ccnc21. The molecule has 0 aromatic carbocycles. The van der Waals surface area contributed by atoms with E-state index in [9.17, 15) is 4.79 Å². The largest absolute Gasteiger partial charge is 0.350 e. The van der Waals surface area contributed by atoms with Crippen molar-refractivity contribution in [2.24, 2.45) is 0 Å². The van der Waals surface area contributed by atoms with Crippen molar-refractivity contribution in [2.45, 2.75) is 64.5 Å². The third-order valence-corrected chi connectivity index (χ3v) is 4.25. The smallest absolute Gasteiger partial charge is 0.231 e. The predicted octanol–water partition coefficient (Wildman–Crippen LogP) is 2.46. The number of carbonyl (C=O) groups is 1. The molecule has 0 bridgehead atoms. The quantitative estimate of drug-likeness (QED) is 0.891. The van der Waals surface area contributed by atoms with Crippen molar-refractivity contribution in [3.8, 4) is 0 Å². The van der Waals surface area contributed by atoms with Gasteiger partial charge >= 0.3 is 0 Å². The summed E-state index contributed by atoms with van der Waals surface area (Å²) < 4.78 is 2.10. The lowest BCUT2D eigenvalue weighted by Gasteiger charge is -2.31. The van der Waals surface area contributed by atoms with E-state index in [4.69, 9.17) is 0 Å². The molecule has 0 aliphatic carbocycles. The average molecular weight is 249 g/mol. The first-order valence-electron chi connectivity index (χ1n) is 6.92. The molecular weight excluding hydrogens is 226 g/mol. The summed E-state index contributed by atoms with van der Waals surface area (Å²) in [6.07, 6.45) is 7.63. The van der Waals surface area contributed by atoms with Crippen molar-refractivity contribution >= 4 is 5.91 Å². The van der Waals surface area contributed by atoms with Crippen LogP contribution < -0.4 is 5.32 Å². The minimum atomic E-state index is -0.0913. The normalized spacial score (nSPS) is 19.4. The second-order valence-electron chi connectivity index (χ2n) is 5.43. The number of amides is 1. The summed E-state index contributed by atoms with van der Waals surface area (Å²) in [7, 11) is 0. The number of rotatable bonds is 4. The highest BCUT2D eigenvalue weighted by Gasteiger charge is 2.31. The van der Waals surface area contributed by atoms with E-state index in [0.29, 0.717) is 0 Å². The summed E-state index contributed by atoms with van der Waals surface area (Å²) >= 11 is 0. The van der Waals surface area contributed by atoms with E-state index in [1.54, 1.807) is 6.20 Å². The number of imidazole rings is 1. The predicted molar refractivity (Wildman–Crippen MR) is 71.3 cm³/mol. The molecule has 4 nitrogen and oxygen atoms in total. The van der Waals surface area contributed by atoms with Gasteiger partial charge in [0.1, 0.15) is 5.82 Å². The first-order chi connectivity index (χ1) is 8.59. The van der Waals surface area contributed by atoms with E-state index in [2.05, 4.69) is 35.6 Å². The molecule has 18 heavy (non-hydrogen) atoms. The Balaban J connectivity index is 2.12. The van der Waals surface area contributed by atoms with Gasteiger partial charge in [0.05, 0.1) is 5.92 Å². The molecule has 4 heteroatoms. The number of hydrogen-bond donors (Lipinski definition) is 1. The maximum absolute atomic E-state index is 12.4. The molecule has 0 spiro atoms. The zero-order valence-electron chi connectivity index (χ0n) is 11.6. The summed E-state index contributed by atoms with van der Waals surface area (Å²) in [6.45, 7) is 7.33. The molecule has 0 fully saturated rings. The second-order valence-corrected chi connectivity index (χ2v) is 5.43. The molecule has 2 heterocycles. The Morgan fingerprint density at radius 3 is 2.94 bits per heavy atom. The Hall–Kier alpha value is -1.32. The maximum Gasteiger partial charge on any atom is 0.231 e. The van der Waals surface area contributed by atoms with Gasteiger partial charge in [-0.1, -0.05) is 13.8 Å². The van der Waals surface area contributed by atoms with E-state index >= 15 is 0 Å². The molecule has 2 rings (SSSR count). The molecular formula is C14H23N3O. The molecule has 0 saturated carbocycles. The number of aromatic nitrogens is 2. The van der Waals surface area contributed by atoms with Crippen LogP contribution in [0.25, 0.3) is 0 Å². The van der Waals surface area contributed by atoms with Crippen LogP contribution in [0.5, 0.6) is 0 Å². The number of nitrogens with zero attached hydrogens (tertiary/aromatic N) is 2. The van der Waals surface area contributed by atoms with Crippen molar-refractivity contribution < 1.29 is 4.79 Å². The molecule has 1 amide bonds. The summed E-state index contributed by atoms with van der Waals surface area (Å²) in [5, 5.41) is 3.20. The van der Waals surface area contributed by atoms with Gasteiger partial charge in [-0.3, -0.25) is 4.79 Å². The van der Waals surface area contributed by atoms with Crippen LogP contribution in [0, 0.1) is 0 Å². The Labute approximate surface area is 109 Å². The standard InChI is InChI=1S/C14H23N3O/c1-4-14(3,5-2)16-13(18)11-7-6-9-17-10-8-15-12(11)17/h8,10-11H,4-7,9H2,1-3H3,(H,16,18)/t11-/m1/s1. The molecule has 1 atom stereocenters. The van der Waals surface area contributed by atoms with Crippen LogP contribution in [0.3, 0.4) is 0 Å². The molecule has 100 valence electrons. The summed E-state index contributed by atoms with van der Waals surface area (Å²) in [5.41, 5.74) is -0.0913. The molecule has 0 saturated heterocycles. The van der Waals surface area contributed by atoms with E-state index in [1.807, 2.05) is 6.20 Å². The lowest BCUT2D eigenvalue weighted by molar-refractivity contribution is -0.125. The van der Waals surface area contributed by atoms with Crippen molar-refractivity contribution in [2.75, 3.05) is 0 Å². The molecule has 1 aliphatic heterocycles. The highest BCUT2D eigenvalue weighted by atomic mass is 16.2. The third kappa shape index (κ3) is 2.42. The van der Waals surface area contributed by atoms with Crippen LogP contribution in [-0.2, 0) is 11.3 Å². The lowest BCUT2D eigenvalue weighted by Crippen LogP contribution is -2.47. The minimum absolute atomic E-state index is 0.0776. The molecule has 1 aromatic rings. The molecule has 0 unspecified atom stereocenters. The molecule has 1 aliphatic rings. The number of fused-ring (bicyclic) bond motifs is 1. The van der Waals surface area contributed by atoms with Gasteiger partial charge in [0.2, 0.25) is 5.91 Å². The van der Waals surface area contributed by atoms with Crippen molar-refractivity contribution in [3.63, 3.8) is 0 Å². The van der Waals surface area contributed by atoms with Gasteiger partial charge in [-0.15, -0.1) is 0 Å². The van der Waals surface area contributed by atoms with Gasteiger partial charge in [0, 0.05) is 24.5 Å². The van der Waals surface area contributed by atoms with Gasteiger partial charge in [0.25, 0.3) is 0 Å². The van der Waals surface area contributed by atoms with Crippen molar-refractivity contribution in [1.82, 2.24) is 14.9 Å². The Kier molecular flexibility index (Phi) is 3.73. The zero-order valence-corrected chi connectivity index (χ0v) is 11.6. The van der Waals surface area contributed by atoms with Crippen LogP contribution in [0.2, 0.25) is 0 Å². The van der Waals surface area contributed by atoms with Crippen molar-refractivity contribution in [3.05, 3.63) is 18.2 Å². The van der Waals surface area contributed by atoms with Gasteiger partial charge < -0.3 is 9.88 Å². The monoisotopic (exact) mass is 249 g/mol. The second kappa shape index (κ2) is 5.12. The number of carbonyl (C=O) groups excluding carboxylic acids is 1. The number of hydrogen-bond acceptors (Lipinski definition) is 2. The van der Waals surface area contributed by atoms with Crippen LogP contribution in [-0.4, -0.2) is 21.0 Å². The van der Waals surface area contributed by atoms with Crippen LogP contribution in [0.1, 0.15) is 58.2 Å². The Morgan fingerprint density at radius 2 is 2.28 bits per heavy atom. The van der Waals surface area contributed by atoms with Crippen molar-refractivity contribution in [1.29, 1.82) is 0 Å². The summed E-state index contributed by atoms with van der Waals surface area (Å²) in [4.78, 5) is 16.8. The Morgan fingerprint density at radius 1 is 1.56 bits per heavy atom. The topological polar surface area (TPSA) is 46.9 Å². The van der Waals surface area contributed by atoms with E-state index in [0.717, 1.165) is 38.1 Å². The van der Waals surface area contributed by atoms with Gasteiger partial charge in [-0.2, -0.15) is 0 Å². The summed E-state index contributed by atoms with van der Waals surface area (Å²) in [6, 6.07) is 0. The molecule has 1 aromatic heterocycles. The third-order valence-electron chi connectivity index (χ3n) is 4.25. The highest BCUT2D eigenvalue weighted by Crippen LogP contribution is 2.27. The highest BCUT2D eigenvalue weighted by molar-refractivity contribution is 5.83. The molecule has 0 radical (unpaired) electrons. The van der Waals surface area contributed by atoms with Crippen LogP contribution >= 0.6 is 0 Å². The first-order valence-corrected chi connectivity index (χ1v) is 6.92. The average Bonchev–Trinajstić information content (AvgIpc) is 2.86. The molecule has 1 N–H and O–H groups in total. The van der Waals surface area contributed by atoms with Gasteiger partial charge in [-0.25, -0.2) is 4.98 Å². The Bertz CT molecular complexity index is 420. The van der Waals surface area contributed by atoms with Crippen LogP contribution in [0.4, 0.5) is 0 Å². The van der Waals surface area contributed by atoms with E-state index in [-0.39, 0.29) is 17.4 Å². The fourth-order valence-electron chi connectivity index (χ4n) is 2.47. The lowest BCUT2D eigenvalue weighted by atomic mass is 9.92. The minimum Gasteiger partial charge on any atom is -0.350 e. The maximum atomic E-state index is 12.4. The van der Waals surface area contributed by atoms with Gasteiger partial charge in [-0.05, 0) is 32.6 Å². The fourth-order valence-corrected chi connectivity index (χ4v) is 2.47. The first kappa shape index (κ1) is 13.1. The number of aryl methyl sites for hydroxylation is 1. The zero-order chi connectivity index (χ0) is 13.2. The summed E-state index contributed by atoms with van der Waals surface area (Å²) in [5.74, 6) is 0.979.